The molecule has 1 aliphatic rings. The molecule has 2 amide bonds. The Morgan fingerprint density at radius 1 is 1.24 bits per heavy atom. The molecule has 0 radical (unpaired) electrons. The first-order valence-corrected chi connectivity index (χ1v) is 6.65. The van der Waals surface area contributed by atoms with Crippen molar-refractivity contribution in [1.82, 2.24) is 5.32 Å². The van der Waals surface area contributed by atoms with E-state index in [9.17, 15) is 23.5 Å². The summed E-state index contributed by atoms with van der Waals surface area (Å²) >= 11 is 5.64. The Hall–Kier alpha value is -1.73. The molecule has 1 aromatic carbocycles. The van der Waals surface area contributed by atoms with Gasteiger partial charge < -0.3 is 15.7 Å². The maximum atomic E-state index is 13.0. The molecular formula is C13H13ClF2N2O3. The number of hydrogen-bond acceptors (Lipinski definition) is 3. The van der Waals surface area contributed by atoms with Crippen molar-refractivity contribution in [2.45, 2.75) is 24.9 Å². The zero-order valence-electron chi connectivity index (χ0n) is 10.9. The monoisotopic (exact) mass is 318 g/mol. The van der Waals surface area contributed by atoms with E-state index in [0.29, 0.717) is 25.0 Å². The summed E-state index contributed by atoms with van der Waals surface area (Å²) in [5, 5.41) is 13.9. The first kappa shape index (κ1) is 15.7. The van der Waals surface area contributed by atoms with Crippen molar-refractivity contribution in [2.24, 2.45) is 0 Å². The fourth-order valence-electron chi connectivity index (χ4n) is 1.88. The first-order valence-electron chi connectivity index (χ1n) is 6.27. The van der Waals surface area contributed by atoms with Crippen LogP contribution in [-0.4, -0.2) is 29.1 Å². The van der Waals surface area contributed by atoms with E-state index in [-0.39, 0.29) is 17.3 Å². The topological polar surface area (TPSA) is 78.4 Å². The van der Waals surface area contributed by atoms with E-state index in [1.165, 1.54) is 0 Å². The van der Waals surface area contributed by atoms with Gasteiger partial charge in [0.2, 0.25) is 0 Å². The first-order chi connectivity index (χ1) is 9.81. The normalized spacial score (nSPS) is 16.0. The van der Waals surface area contributed by atoms with Crippen LogP contribution in [0.15, 0.2) is 12.1 Å². The minimum Gasteiger partial charge on any atom is -0.388 e. The van der Waals surface area contributed by atoms with E-state index in [1.807, 2.05) is 0 Å². The van der Waals surface area contributed by atoms with Gasteiger partial charge in [-0.15, -0.1) is 0 Å². The fourth-order valence-corrected chi connectivity index (χ4v) is 2.08. The Bertz CT molecular complexity index is 591. The molecule has 5 nitrogen and oxygen atoms in total. The van der Waals surface area contributed by atoms with E-state index < -0.39 is 29.0 Å². The SMILES string of the molecule is O=C(NCC1(O)CCC1)C(=O)Nc1cc(F)c(F)cc1Cl. The van der Waals surface area contributed by atoms with Gasteiger partial charge in [0, 0.05) is 12.6 Å². The van der Waals surface area contributed by atoms with Gasteiger partial charge in [-0.3, -0.25) is 9.59 Å². The van der Waals surface area contributed by atoms with Crippen LogP contribution in [0.4, 0.5) is 14.5 Å². The Morgan fingerprint density at radius 3 is 2.43 bits per heavy atom. The van der Waals surface area contributed by atoms with Crippen LogP contribution < -0.4 is 10.6 Å². The molecular weight excluding hydrogens is 306 g/mol. The zero-order chi connectivity index (χ0) is 15.6. The van der Waals surface area contributed by atoms with Crippen LogP contribution in [0.25, 0.3) is 0 Å². The van der Waals surface area contributed by atoms with Gasteiger partial charge in [0.15, 0.2) is 11.6 Å². The number of carbonyl (C=O) groups excluding carboxylic acids is 2. The largest absolute Gasteiger partial charge is 0.388 e. The van der Waals surface area contributed by atoms with E-state index in [2.05, 4.69) is 10.6 Å². The van der Waals surface area contributed by atoms with Gasteiger partial charge in [0.05, 0.1) is 16.3 Å². The highest BCUT2D eigenvalue weighted by atomic mass is 35.5. The summed E-state index contributed by atoms with van der Waals surface area (Å²) in [6, 6.07) is 1.38. The van der Waals surface area contributed by atoms with Crippen molar-refractivity contribution in [3.8, 4) is 0 Å². The molecule has 1 saturated carbocycles. The Balaban J connectivity index is 1.94. The summed E-state index contributed by atoms with van der Waals surface area (Å²) < 4.78 is 25.9. The van der Waals surface area contributed by atoms with Crippen LogP contribution in [0.1, 0.15) is 19.3 Å². The lowest BCUT2D eigenvalue weighted by Crippen LogP contribution is -2.49. The maximum Gasteiger partial charge on any atom is 0.313 e. The van der Waals surface area contributed by atoms with Gasteiger partial charge >= 0.3 is 11.8 Å². The number of rotatable bonds is 3. The van der Waals surface area contributed by atoms with Crippen LogP contribution in [0, 0.1) is 11.6 Å². The smallest absolute Gasteiger partial charge is 0.313 e. The fraction of sp³-hybridized carbons (Fsp3) is 0.385. The molecule has 1 aromatic rings. The lowest BCUT2D eigenvalue weighted by atomic mass is 9.80. The van der Waals surface area contributed by atoms with Crippen LogP contribution >= 0.6 is 11.6 Å². The van der Waals surface area contributed by atoms with Crippen molar-refractivity contribution in [1.29, 1.82) is 0 Å². The second kappa shape index (κ2) is 5.95. The highest BCUT2D eigenvalue weighted by molar-refractivity contribution is 6.41. The molecule has 0 bridgehead atoms. The molecule has 114 valence electrons. The van der Waals surface area contributed by atoms with Crippen molar-refractivity contribution in [2.75, 3.05) is 11.9 Å². The average Bonchev–Trinajstić information content (AvgIpc) is 2.39. The summed E-state index contributed by atoms with van der Waals surface area (Å²) in [6.45, 7) is -0.0369. The van der Waals surface area contributed by atoms with E-state index in [1.54, 1.807) is 0 Å². The van der Waals surface area contributed by atoms with Crippen molar-refractivity contribution < 1.29 is 23.5 Å². The second-order valence-corrected chi connectivity index (χ2v) is 5.37. The van der Waals surface area contributed by atoms with Crippen LogP contribution in [0.2, 0.25) is 5.02 Å². The second-order valence-electron chi connectivity index (χ2n) is 4.96. The molecule has 0 spiro atoms. The highest BCUT2D eigenvalue weighted by Crippen LogP contribution is 2.30. The molecule has 0 aliphatic heterocycles. The Labute approximate surface area is 124 Å². The van der Waals surface area contributed by atoms with Gasteiger partial charge in [-0.05, 0) is 25.3 Å². The zero-order valence-corrected chi connectivity index (χ0v) is 11.6. The van der Waals surface area contributed by atoms with E-state index in [4.69, 9.17) is 11.6 Å². The molecule has 8 heteroatoms. The molecule has 21 heavy (non-hydrogen) atoms. The third-order valence-corrected chi connectivity index (χ3v) is 3.64. The van der Waals surface area contributed by atoms with Gasteiger partial charge in [-0.25, -0.2) is 8.78 Å². The molecule has 1 fully saturated rings. The average molecular weight is 319 g/mol. The summed E-state index contributed by atoms with van der Waals surface area (Å²) in [5.74, 6) is -4.42. The van der Waals surface area contributed by atoms with Crippen molar-refractivity contribution >= 4 is 29.1 Å². The third kappa shape index (κ3) is 3.68. The molecule has 0 heterocycles. The quantitative estimate of drug-likeness (QED) is 0.585. The van der Waals surface area contributed by atoms with E-state index >= 15 is 0 Å². The Morgan fingerprint density at radius 2 is 1.86 bits per heavy atom. The number of benzene rings is 1. The van der Waals surface area contributed by atoms with Gasteiger partial charge in [-0.1, -0.05) is 11.6 Å². The summed E-state index contributed by atoms with van der Waals surface area (Å²) in [4.78, 5) is 23.2. The molecule has 1 aliphatic carbocycles. The number of nitrogens with one attached hydrogen (secondary N) is 2. The minimum atomic E-state index is -1.20. The predicted octanol–water partition coefficient (Wildman–Crippen LogP) is 1.59. The minimum absolute atomic E-state index is 0.0369. The molecule has 0 atom stereocenters. The van der Waals surface area contributed by atoms with E-state index in [0.717, 1.165) is 6.42 Å². The van der Waals surface area contributed by atoms with Crippen molar-refractivity contribution in [3.63, 3.8) is 0 Å². The van der Waals surface area contributed by atoms with Gasteiger partial charge in [-0.2, -0.15) is 0 Å². The highest BCUT2D eigenvalue weighted by Gasteiger charge is 2.35. The number of carbonyl (C=O) groups is 2. The lowest BCUT2D eigenvalue weighted by molar-refractivity contribution is -0.137. The van der Waals surface area contributed by atoms with Gasteiger partial charge in [0.25, 0.3) is 0 Å². The molecule has 0 aromatic heterocycles. The van der Waals surface area contributed by atoms with Crippen LogP contribution in [0.3, 0.4) is 0 Å². The number of amides is 2. The number of anilines is 1. The third-order valence-electron chi connectivity index (χ3n) is 3.33. The maximum absolute atomic E-state index is 13.0. The van der Waals surface area contributed by atoms with Crippen LogP contribution in [0.5, 0.6) is 0 Å². The number of aliphatic hydroxyl groups is 1. The summed E-state index contributed by atoms with van der Waals surface area (Å²) in [5.41, 5.74) is -1.17. The predicted molar refractivity (Wildman–Crippen MR) is 71.8 cm³/mol. The molecule has 0 saturated heterocycles. The molecule has 3 N–H and O–H groups in total. The number of hydrogen-bond donors (Lipinski definition) is 3. The lowest BCUT2D eigenvalue weighted by Gasteiger charge is -2.36. The summed E-state index contributed by atoms with van der Waals surface area (Å²) in [7, 11) is 0. The van der Waals surface area contributed by atoms with Gasteiger partial charge in [0.1, 0.15) is 0 Å². The molecule has 2 rings (SSSR count). The number of halogens is 3. The van der Waals surface area contributed by atoms with Crippen LogP contribution in [-0.2, 0) is 9.59 Å². The standard InChI is InChI=1S/C13H13ClF2N2O3/c14-7-4-8(15)9(16)5-10(7)18-12(20)11(19)17-6-13(21)2-1-3-13/h4-5,21H,1-3,6H2,(H,17,19)(H,18,20). The summed E-state index contributed by atoms with van der Waals surface area (Å²) in [6.07, 6.45) is 1.98. The van der Waals surface area contributed by atoms with Crippen molar-refractivity contribution in [3.05, 3.63) is 28.8 Å². The Kier molecular flexibility index (Phi) is 4.43. The molecule has 0 unspecified atom stereocenters.